The molecule has 144 valence electrons. The van der Waals surface area contributed by atoms with Gasteiger partial charge in [0.25, 0.3) is 0 Å². The molecule has 1 aliphatic heterocycles. The second-order valence-electron chi connectivity index (χ2n) is 8.28. The summed E-state index contributed by atoms with van der Waals surface area (Å²) in [5, 5.41) is 11.7. The number of carbonyl (C=O) groups is 1. The Kier molecular flexibility index (Phi) is 4.45. The molecule has 1 saturated carbocycles. The maximum Gasteiger partial charge on any atom is 0.229 e. The van der Waals surface area contributed by atoms with Crippen molar-refractivity contribution in [1.29, 1.82) is 0 Å². The number of hydrogen-bond donors (Lipinski definition) is 1. The Morgan fingerprint density at radius 1 is 1.07 bits per heavy atom. The van der Waals surface area contributed by atoms with E-state index in [0.717, 1.165) is 56.2 Å². The van der Waals surface area contributed by atoms with Crippen LogP contribution in [0.2, 0.25) is 0 Å². The van der Waals surface area contributed by atoms with Crippen LogP contribution in [0.3, 0.4) is 0 Å². The van der Waals surface area contributed by atoms with Crippen LogP contribution in [0, 0.1) is 0 Å². The first kappa shape index (κ1) is 17.0. The Hall–Kier alpha value is -2.18. The van der Waals surface area contributed by atoms with Crippen LogP contribution >= 0.6 is 0 Å². The average Bonchev–Trinajstić information content (AvgIpc) is 3.29. The van der Waals surface area contributed by atoms with Gasteiger partial charge < -0.3 is 9.42 Å². The molecule has 0 bridgehead atoms. The second-order valence-corrected chi connectivity index (χ2v) is 8.28. The highest BCUT2D eigenvalue weighted by Crippen LogP contribution is 2.36. The second kappa shape index (κ2) is 7.09. The van der Waals surface area contributed by atoms with Gasteiger partial charge >= 0.3 is 0 Å². The molecule has 5 rings (SSSR count). The van der Waals surface area contributed by atoms with Crippen LogP contribution in [0.15, 0.2) is 4.52 Å². The lowest BCUT2D eigenvalue weighted by Gasteiger charge is -2.30. The van der Waals surface area contributed by atoms with E-state index in [1.807, 2.05) is 4.90 Å². The van der Waals surface area contributed by atoms with Crippen molar-refractivity contribution < 1.29 is 9.32 Å². The molecule has 3 aliphatic rings. The summed E-state index contributed by atoms with van der Waals surface area (Å²) >= 11 is 0. The van der Waals surface area contributed by atoms with Crippen LogP contribution in [-0.2, 0) is 24.1 Å². The third-order valence-corrected chi connectivity index (χ3v) is 6.59. The van der Waals surface area contributed by atoms with Gasteiger partial charge in [-0.1, -0.05) is 11.6 Å². The zero-order valence-electron chi connectivity index (χ0n) is 15.7. The maximum absolute atomic E-state index is 12.8. The minimum Gasteiger partial charge on any atom is -0.342 e. The molecule has 2 aromatic rings. The Morgan fingerprint density at radius 2 is 1.89 bits per heavy atom. The topological polar surface area (TPSA) is 87.9 Å². The van der Waals surface area contributed by atoms with Gasteiger partial charge in [0, 0.05) is 30.6 Å². The molecule has 2 aromatic heterocycles. The standard InChI is InChI=1S/C20H27N5O2/c26-18(12-17-15-6-1-2-7-16(15)22-23-17)25-10-8-14(9-11-25)20-21-19(24-27-20)13-4-3-5-13/h13-14H,1-12H2,(H,22,23). The van der Waals surface area contributed by atoms with Gasteiger partial charge in [-0.15, -0.1) is 0 Å². The quantitative estimate of drug-likeness (QED) is 0.895. The number of aryl methyl sites for hydroxylation is 1. The van der Waals surface area contributed by atoms with Crippen LogP contribution < -0.4 is 0 Å². The lowest BCUT2D eigenvalue weighted by molar-refractivity contribution is -0.131. The predicted molar refractivity (Wildman–Crippen MR) is 98.4 cm³/mol. The number of amides is 1. The van der Waals surface area contributed by atoms with Crippen molar-refractivity contribution in [3.63, 3.8) is 0 Å². The van der Waals surface area contributed by atoms with E-state index in [4.69, 9.17) is 4.52 Å². The number of aromatic nitrogens is 4. The number of rotatable bonds is 4. The zero-order valence-corrected chi connectivity index (χ0v) is 15.7. The van der Waals surface area contributed by atoms with Gasteiger partial charge in [0.1, 0.15) is 0 Å². The SMILES string of the molecule is O=C(Cc1n[nH]c2c1CCCC2)N1CCC(c2nc(C3CCC3)no2)CC1. The summed E-state index contributed by atoms with van der Waals surface area (Å²) in [5.74, 6) is 2.63. The molecule has 2 fully saturated rings. The Balaban J connectivity index is 1.17. The number of fused-ring (bicyclic) bond motifs is 1. The largest absolute Gasteiger partial charge is 0.342 e. The van der Waals surface area contributed by atoms with Crippen molar-refractivity contribution in [3.8, 4) is 0 Å². The zero-order chi connectivity index (χ0) is 18.2. The highest BCUT2D eigenvalue weighted by atomic mass is 16.5. The molecular weight excluding hydrogens is 342 g/mol. The molecule has 0 unspecified atom stereocenters. The number of nitrogens with one attached hydrogen (secondary N) is 1. The monoisotopic (exact) mass is 369 g/mol. The van der Waals surface area contributed by atoms with Gasteiger partial charge in [0.15, 0.2) is 5.82 Å². The average molecular weight is 369 g/mol. The van der Waals surface area contributed by atoms with Gasteiger partial charge in [-0.05, 0) is 56.9 Å². The molecule has 1 N–H and O–H groups in total. The summed E-state index contributed by atoms with van der Waals surface area (Å²) < 4.78 is 5.53. The fourth-order valence-corrected chi connectivity index (χ4v) is 4.57. The smallest absolute Gasteiger partial charge is 0.229 e. The number of piperidine rings is 1. The van der Waals surface area contributed by atoms with Gasteiger partial charge in [0.05, 0.1) is 12.1 Å². The summed E-state index contributed by atoms with van der Waals surface area (Å²) in [5.41, 5.74) is 3.49. The van der Waals surface area contributed by atoms with E-state index in [9.17, 15) is 4.79 Å². The molecule has 1 saturated heterocycles. The molecule has 0 spiro atoms. The first-order valence-electron chi connectivity index (χ1n) is 10.4. The van der Waals surface area contributed by atoms with Crippen molar-refractivity contribution in [2.45, 2.75) is 76.0 Å². The van der Waals surface area contributed by atoms with Crippen molar-refractivity contribution in [2.24, 2.45) is 0 Å². The van der Waals surface area contributed by atoms with E-state index in [2.05, 4.69) is 20.3 Å². The molecule has 27 heavy (non-hydrogen) atoms. The molecule has 0 atom stereocenters. The van der Waals surface area contributed by atoms with Crippen molar-refractivity contribution in [2.75, 3.05) is 13.1 Å². The lowest BCUT2D eigenvalue weighted by atomic mass is 9.85. The number of nitrogens with zero attached hydrogens (tertiary/aromatic N) is 4. The molecule has 0 radical (unpaired) electrons. The third kappa shape index (κ3) is 3.28. The van der Waals surface area contributed by atoms with Crippen LogP contribution in [-0.4, -0.2) is 44.2 Å². The van der Waals surface area contributed by atoms with Gasteiger partial charge in [-0.2, -0.15) is 10.1 Å². The van der Waals surface area contributed by atoms with Gasteiger partial charge in [0.2, 0.25) is 11.8 Å². The van der Waals surface area contributed by atoms with Crippen LogP contribution in [0.4, 0.5) is 0 Å². The summed E-state index contributed by atoms with van der Waals surface area (Å²) in [6, 6.07) is 0. The number of carbonyl (C=O) groups excluding carboxylic acids is 1. The van der Waals surface area contributed by atoms with Crippen molar-refractivity contribution in [3.05, 3.63) is 28.7 Å². The van der Waals surface area contributed by atoms with Gasteiger partial charge in [-0.3, -0.25) is 9.89 Å². The fourth-order valence-electron chi connectivity index (χ4n) is 4.57. The van der Waals surface area contributed by atoms with E-state index in [1.165, 1.54) is 43.4 Å². The molecular formula is C20H27N5O2. The Morgan fingerprint density at radius 3 is 2.67 bits per heavy atom. The van der Waals surface area contributed by atoms with Gasteiger partial charge in [-0.25, -0.2) is 0 Å². The molecule has 2 aliphatic carbocycles. The van der Waals surface area contributed by atoms with E-state index in [-0.39, 0.29) is 11.8 Å². The van der Waals surface area contributed by atoms with Crippen LogP contribution in [0.1, 0.15) is 85.4 Å². The summed E-state index contributed by atoms with van der Waals surface area (Å²) in [4.78, 5) is 19.4. The first-order valence-corrected chi connectivity index (χ1v) is 10.4. The van der Waals surface area contributed by atoms with Crippen LogP contribution in [0.5, 0.6) is 0 Å². The van der Waals surface area contributed by atoms with Crippen molar-refractivity contribution in [1.82, 2.24) is 25.2 Å². The highest BCUT2D eigenvalue weighted by molar-refractivity contribution is 5.78. The van der Waals surface area contributed by atoms with E-state index >= 15 is 0 Å². The predicted octanol–water partition coefficient (Wildman–Crippen LogP) is 2.89. The summed E-state index contributed by atoms with van der Waals surface area (Å²) in [7, 11) is 0. The minimum atomic E-state index is 0.189. The number of likely N-dealkylation sites (tertiary alicyclic amines) is 1. The van der Waals surface area contributed by atoms with Crippen LogP contribution in [0.25, 0.3) is 0 Å². The molecule has 7 heteroatoms. The number of hydrogen-bond acceptors (Lipinski definition) is 5. The number of H-pyrrole nitrogens is 1. The fraction of sp³-hybridized carbons (Fsp3) is 0.700. The molecule has 3 heterocycles. The molecule has 7 nitrogen and oxygen atoms in total. The number of aromatic amines is 1. The normalized spacial score (nSPS) is 21.1. The summed E-state index contributed by atoms with van der Waals surface area (Å²) in [6.07, 6.45) is 10.4. The molecule has 1 amide bonds. The van der Waals surface area contributed by atoms with Crippen molar-refractivity contribution >= 4 is 5.91 Å². The van der Waals surface area contributed by atoms with E-state index in [0.29, 0.717) is 12.3 Å². The minimum absolute atomic E-state index is 0.189. The summed E-state index contributed by atoms with van der Waals surface area (Å²) in [6.45, 7) is 1.52. The Bertz CT molecular complexity index is 814. The highest BCUT2D eigenvalue weighted by Gasteiger charge is 2.30. The maximum atomic E-state index is 12.8. The Labute approximate surface area is 158 Å². The third-order valence-electron chi connectivity index (χ3n) is 6.59. The lowest BCUT2D eigenvalue weighted by Crippen LogP contribution is -2.39. The first-order chi connectivity index (χ1) is 13.3. The van der Waals surface area contributed by atoms with E-state index < -0.39 is 0 Å². The molecule has 0 aromatic carbocycles. The van der Waals surface area contributed by atoms with E-state index in [1.54, 1.807) is 0 Å².